The maximum Gasteiger partial charge on any atom is 0.278 e. The van der Waals surface area contributed by atoms with Gasteiger partial charge in [0.1, 0.15) is 17.3 Å². The smallest absolute Gasteiger partial charge is 0.278 e. The van der Waals surface area contributed by atoms with Crippen molar-refractivity contribution in [3.8, 4) is 0 Å². The summed E-state index contributed by atoms with van der Waals surface area (Å²) in [6.45, 7) is 3.88. The van der Waals surface area contributed by atoms with Gasteiger partial charge in [-0.15, -0.1) is 0 Å². The highest BCUT2D eigenvalue weighted by Crippen LogP contribution is 2.32. The molecule has 2 amide bonds. The molecule has 3 aromatic carbocycles. The molecule has 4 nitrogen and oxygen atoms in total. The molecule has 1 aliphatic rings. The van der Waals surface area contributed by atoms with Crippen molar-refractivity contribution >= 4 is 23.1 Å². The number of halogens is 2. The summed E-state index contributed by atoms with van der Waals surface area (Å²) in [5.41, 5.74) is 4.05. The van der Waals surface area contributed by atoms with E-state index in [1.54, 1.807) is 0 Å². The molecule has 0 fully saturated rings. The first-order valence-corrected chi connectivity index (χ1v) is 9.78. The summed E-state index contributed by atoms with van der Waals surface area (Å²) in [6, 6.07) is 16.8. The molecule has 4 rings (SSSR count). The minimum absolute atomic E-state index is 0.000696. The Balaban J connectivity index is 1.75. The second-order valence-corrected chi connectivity index (χ2v) is 7.52. The second kappa shape index (κ2) is 8.14. The lowest BCUT2D eigenvalue weighted by molar-refractivity contribution is -0.137. The molecule has 0 radical (unpaired) electrons. The molecule has 0 spiro atoms. The van der Waals surface area contributed by atoms with Crippen molar-refractivity contribution in [1.29, 1.82) is 0 Å². The van der Waals surface area contributed by atoms with E-state index in [1.807, 2.05) is 32.0 Å². The van der Waals surface area contributed by atoms with E-state index in [1.165, 1.54) is 48.5 Å². The highest BCUT2D eigenvalue weighted by molar-refractivity contribution is 6.36. The number of hydrogen-bond donors (Lipinski definition) is 1. The van der Waals surface area contributed by atoms with Gasteiger partial charge in [-0.05, 0) is 60.9 Å². The lowest BCUT2D eigenvalue weighted by atomic mass is 10.0. The minimum Gasteiger partial charge on any atom is -0.350 e. The second-order valence-electron chi connectivity index (χ2n) is 7.52. The van der Waals surface area contributed by atoms with Crippen LogP contribution in [-0.4, -0.2) is 16.7 Å². The fourth-order valence-electron chi connectivity index (χ4n) is 3.58. The van der Waals surface area contributed by atoms with Crippen molar-refractivity contribution in [2.75, 3.05) is 5.32 Å². The van der Waals surface area contributed by atoms with Crippen LogP contribution in [-0.2, 0) is 16.1 Å². The number of hydrogen-bond acceptors (Lipinski definition) is 3. The van der Waals surface area contributed by atoms with Crippen LogP contribution in [0.4, 0.5) is 14.5 Å². The van der Waals surface area contributed by atoms with Gasteiger partial charge < -0.3 is 5.32 Å². The van der Waals surface area contributed by atoms with Gasteiger partial charge in [0, 0.05) is 5.69 Å². The first kappa shape index (κ1) is 20.5. The van der Waals surface area contributed by atoms with Crippen molar-refractivity contribution < 1.29 is 18.4 Å². The van der Waals surface area contributed by atoms with Gasteiger partial charge in [-0.3, -0.25) is 14.5 Å². The maximum atomic E-state index is 13.5. The van der Waals surface area contributed by atoms with Crippen LogP contribution in [0.15, 0.2) is 72.4 Å². The third kappa shape index (κ3) is 4.10. The predicted octanol–water partition coefficient (Wildman–Crippen LogP) is 4.97. The predicted molar refractivity (Wildman–Crippen MR) is 115 cm³/mol. The highest BCUT2D eigenvalue weighted by Gasteiger charge is 2.39. The Labute approximate surface area is 178 Å². The van der Waals surface area contributed by atoms with E-state index in [2.05, 4.69) is 5.32 Å². The molecular weight excluding hydrogens is 398 g/mol. The first-order chi connectivity index (χ1) is 14.8. The molecule has 0 atom stereocenters. The lowest BCUT2D eigenvalue weighted by Gasteiger charge is -2.16. The Hall–Kier alpha value is -3.80. The Morgan fingerprint density at radius 2 is 1.42 bits per heavy atom. The van der Waals surface area contributed by atoms with E-state index in [0.717, 1.165) is 16.0 Å². The summed E-state index contributed by atoms with van der Waals surface area (Å²) in [6.07, 6.45) is 0. The van der Waals surface area contributed by atoms with Crippen molar-refractivity contribution in [3.05, 3.63) is 106 Å². The Kier molecular flexibility index (Phi) is 5.38. The Bertz CT molecular complexity index is 1200. The molecule has 0 bridgehead atoms. The van der Waals surface area contributed by atoms with Gasteiger partial charge in [0.25, 0.3) is 11.8 Å². The number of nitrogens with one attached hydrogen (secondary N) is 1. The van der Waals surface area contributed by atoms with Gasteiger partial charge in [0.2, 0.25) is 0 Å². The van der Waals surface area contributed by atoms with Crippen LogP contribution >= 0.6 is 0 Å². The molecule has 0 aromatic heterocycles. The molecule has 156 valence electrons. The van der Waals surface area contributed by atoms with E-state index < -0.39 is 23.4 Å². The van der Waals surface area contributed by atoms with Gasteiger partial charge in [0.05, 0.1) is 12.1 Å². The van der Waals surface area contributed by atoms with E-state index in [4.69, 9.17) is 0 Å². The standard InChI is InChI=1S/C25H20F2N2O2/c1-15-3-12-21(16(2)13-15)28-23-22(18-6-10-20(27)11-7-18)24(30)29(25(23)31)14-17-4-8-19(26)9-5-17/h3-13,28H,14H2,1-2H3. The molecule has 6 heteroatoms. The summed E-state index contributed by atoms with van der Waals surface area (Å²) in [5.74, 6) is -1.82. The SMILES string of the molecule is Cc1ccc(NC2=C(c3ccc(F)cc3)C(=O)N(Cc3ccc(F)cc3)C2=O)c(C)c1. The number of anilines is 1. The van der Waals surface area contributed by atoms with Crippen LogP contribution in [0.25, 0.3) is 5.57 Å². The molecule has 1 aliphatic heterocycles. The van der Waals surface area contributed by atoms with Gasteiger partial charge in [-0.2, -0.15) is 0 Å². The fraction of sp³-hybridized carbons (Fsp3) is 0.120. The normalized spacial score (nSPS) is 13.9. The molecule has 1 heterocycles. The summed E-state index contributed by atoms with van der Waals surface area (Å²) in [7, 11) is 0. The van der Waals surface area contributed by atoms with E-state index in [-0.39, 0.29) is 17.8 Å². The summed E-state index contributed by atoms with van der Waals surface area (Å²) in [4.78, 5) is 27.6. The Morgan fingerprint density at radius 1 is 0.806 bits per heavy atom. The number of benzene rings is 3. The number of aryl methyl sites for hydroxylation is 2. The number of nitrogens with zero attached hydrogens (tertiary/aromatic N) is 1. The molecular formula is C25H20F2N2O2. The van der Waals surface area contributed by atoms with Crippen LogP contribution in [0.2, 0.25) is 0 Å². The average molecular weight is 418 g/mol. The zero-order valence-electron chi connectivity index (χ0n) is 17.1. The van der Waals surface area contributed by atoms with Gasteiger partial charge in [-0.25, -0.2) is 8.78 Å². The minimum atomic E-state index is -0.492. The molecule has 0 saturated carbocycles. The molecule has 3 aromatic rings. The van der Waals surface area contributed by atoms with Gasteiger partial charge in [0.15, 0.2) is 0 Å². The Morgan fingerprint density at radius 3 is 2.03 bits per heavy atom. The van der Waals surface area contributed by atoms with Crippen LogP contribution in [0, 0.1) is 25.5 Å². The van der Waals surface area contributed by atoms with Crippen LogP contribution < -0.4 is 5.32 Å². The highest BCUT2D eigenvalue weighted by atomic mass is 19.1. The third-order valence-corrected chi connectivity index (χ3v) is 5.20. The summed E-state index contributed by atoms with van der Waals surface area (Å²) < 4.78 is 26.7. The number of carbonyl (C=O) groups is 2. The van der Waals surface area contributed by atoms with Crippen LogP contribution in [0.1, 0.15) is 22.3 Å². The van der Waals surface area contributed by atoms with Gasteiger partial charge >= 0.3 is 0 Å². The fourth-order valence-corrected chi connectivity index (χ4v) is 3.58. The largest absolute Gasteiger partial charge is 0.350 e. The number of rotatable bonds is 5. The van der Waals surface area contributed by atoms with Gasteiger partial charge in [-0.1, -0.05) is 42.0 Å². The zero-order chi connectivity index (χ0) is 22.1. The van der Waals surface area contributed by atoms with E-state index in [9.17, 15) is 18.4 Å². The number of carbonyl (C=O) groups excluding carboxylic acids is 2. The molecule has 31 heavy (non-hydrogen) atoms. The molecule has 1 N–H and O–H groups in total. The summed E-state index contributed by atoms with van der Waals surface area (Å²) >= 11 is 0. The first-order valence-electron chi connectivity index (χ1n) is 9.78. The lowest BCUT2D eigenvalue weighted by Crippen LogP contribution is -2.32. The summed E-state index contributed by atoms with van der Waals surface area (Å²) in [5, 5.41) is 3.12. The van der Waals surface area contributed by atoms with E-state index >= 15 is 0 Å². The van der Waals surface area contributed by atoms with Crippen LogP contribution in [0.5, 0.6) is 0 Å². The topological polar surface area (TPSA) is 49.4 Å². The maximum absolute atomic E-state index is 13.5. The molecule has 0 saturated heterocycles. The quantitative estimate of drug-likeness (QED) is 0.595. The number of imide groups is 1. The van der Waals surface area contributed by atoms with Crippen molar-refractivity contribution in [2.45, 2.75) is 20.4 Å². The molecule has 0 aliphatic carbocycles. The van der Waals surface area contributed by atoms with E-state index in [0.29, 0.717) is 16.8 Å². The van der Waals surface area contributed by atoms with Crippen molar-refractivity contribution in [3.63, 3.8) is 0 Å². The zero-order valence-corrected chi connectivity index (χ0v) is 17.1. The monoisotopic (exact) mass is 418 g/mol. The third-order valence-electron chi connectivity index (χ3n) is 5.20. The number of amides is 2. The molecule has 0 unspecified atom stereocenters. The average Bonchev–Trinajstić information content (AvgIpc) is 2.96. The van der Waals surface area contributed by atoms with Crippen molar-refractivity contribution in [2.24, 2.45) is 0 Å². The van der Waals surface area contributed by atoms with Crippen LogP contribution in [0.3, 0.4) is 0 Å². The van der Waals surface area contributed by atoms with Crippen molar-refractivity contribution in [1.82, 2.24) is 4.90 Å².